The van der Waals surface area contributed by atoms with Crippen molar-refractivity contribution in [2.24, 2.45) is 27.4 Å². The van der Waals surface area contributed by atoms with Crippen LogP contribution in [0.2, 0.25) is 10.0 Å². The van der Waals surface area contributed by atoms with Gasteiger partial charge in [-0.3, -0.25) is 18.6 Å². The molecule has 114 heavy (non-hydrogen) atoms. The number of pyridine rings is 2. The first-order valence-corrected chi connectivity index (χ1v) is 40.3. The minimum atomic E-state index is -0.985. The Morgan fingerprint density at radius 1 is 0.509 bits per heavy atom. The average Bonchev–Trinajstić information content (AvgIpc) is 0.832. The molecule has 4 saturated heterocycles. The van der Waals surface area contributed by atoms with Crippen LogP contribution in [0, 0.1) is 34.8 Å². The van der Waals surface area contributed by atoms with Crippen LogP contribution in [0.1, 0.15) is 155 Å². The quantitative estimate of drug-likeness (QED) is 0.0738. The van der Waals surface area contributed by atoms with Crippen LogP contribution < -0.4 is 31.1 Å². The summed E-state index contributed by atoms with van der Waals surface area (Å²) in [6, 6.07) is 40.7. The van der Waals surface area contributed by atoms with E-state index in [1.54, 1.807) is 72.6 Å². The number of carboxylic acids is 1. The molecule has 4 aliphatic heterocycles. The van der Waals surface area contributed by atoms with Crippen molar-refractivity contribution in [3.63, 3.8) is 0 Å². The molecule has 23 nitrogen and oxygen atoms in total. The van der Waals surface area contributed by atoms with Gasteiger partial charge in [0.2, 0.25) is 0 Å². The Kier molecular flexibility index (Phi) is 23.5. The number of carbonyl (C=O) groups excluding carboxylic acids is 1. The number of nitrogens with zero attached hydrogens (tertiary/aromatic N) is 17. The van der Waals surface area contributed by atoms with E-state index in [2.05, 4.69) is 174 Å². The van der Waals surface area contributed by atoms with E-state index < -0.39 is 5.97 Å². The van der Waals surface area contributed by atoms with Gasteiger partial charge in [-0.2, -0.15) is 0 Å². The molecule has 12 aromatic rings. The van der Waals surface area contributed by atoms with Crippen LogP contribution in [0.25, 0.3) is 21.0 Å². The maximum Gasteiger partial charge on any atom is 0.354 e. The molecule has 5 N–H and O–H groups in total. The lowest BCUT2D eigenvalue weighted by Crippen LogP contribution is -2.61. The predicted octanol–water partition coefficient (Wildman–Crippen LogP) is 16.6. The number of nitrogens with two attached hydrogens (primary N) is 1. The van der Waals surface area contributed by atoms with Gasteiger partial charge in [-0.15, -0.1) is 0 Å². The fourth-order valence-corrected chi connectivity index (χ4v) is 18.3. The molecule has 0 bridgehead atoms. The molecule has 8 aliphatic rings. The summed E-state index contributed by atoms with van der Waals surface area (Å²) in [6.45, 7) is 28.0. The van der Waals surface area contributed by atoms with E-state index in [1.807, 2.05) is 81.4 Å². The maximum atomic E-state index is 13.0. The van der Waals surface area contributed by atoms with Crippen LogP contribution >= 0.6 is 39.1 Å². The number of amides is 1. The van der Waals surface area contributed by atoms with Gasteiger partial charge in [0, 0.05) is 106 Å². The molecule has 4 aromatic carbocycles. The number of nitrogens with one attached hydrogen (secondary N) is 2. The number of carbonyl (C=O) groups is 2. The Bertz CT molecular complexity index is 5370. The van der Waals surface area contributed by atoms with Gasteiger partial charge in [0.05, 0.1) is 95.0 Å². The topological polar surface area (TPSA) is 261 Å². The lowest BCUT2D eigenvalue weighted by Gasteiger charge is -2.60. The molecular weight excluding hydrogens is 1540 g/mol. The number of fused-ring (bicyclic) bond motifs is 2. The number of halogens is 3. The first kappa shape index (κ1) is 78.2. The van der Waals surface area contributed by atoms with Gasteiger partial charge in [-0.05, 0) is 167 Å². The molecule has 0 unspecified atom stereocenters. The summed E-state index contributed by atoms with van der Waals surface area (Å²) in [5.41, 5.74) is 24.0. The minimum absolute atomic E-state index is 0.139. The molecule has 0 radical (unpaired) electrons. The van der Waals surface area contributed by atoms with Gasteiger partial charge in [-0.25, -0.2) is 59.3 Å². The third kappa shape index (κ3) is 17.5. The van der Waals surface area contributed by atoms with E-state index in [9.17, 15) is 9.59 Å². The zero-order valence-electron chi connectivity index (χ0n) is 63.7. The van der Waals surface area contributed by atoms with Gasteiger partial charge in [-0.1, -0.05) is 134 Å². The van der Waals surface area contributed by atoms with Crippen molar-refractivity contribution >= 4 is 90.7 Å². The number of anilines is 3. The molecule has 4 spiro atoms. The van der Waals surface area contributed by atoms with E-state index >= 15 is 0 Å². The lowest BCUT2D eigenvalue weighted by molar-refractivity contribution is 0.0363. The third-order valence-corrected chi connectivity index (χ3v) is 24.7. The Morgan fingerprint density at radius 2 is 0.877 bits per heavy atom. The Morgan fingerprint density at radius 3 is 1.20 bits per heavy atom. The van der Waals surface area contributed by atoms with Crippen LogP contribution in [-0.2, 0) is 25.9 Å². The van der Waals surface area contributed by atoms with Crippen LogP contribution in [0.5, 0.6) is 0 Å². The maximum absolute atomic E-state index is 13.0. The van der Waals surface area contributed by atoms with Crippen molar-refractivity contribution in [1.29, 1.82) is 0 Å². The fourth-order valence-electron chi connectivity index (χ4n) is 17.7. The number of aromatic carboxylic acids is 1. The van der Waals surface area contributed by atoms with Crippen molar-refractivity contribution in [2.45, 2.75) is 115 Å². The van der Waals surface area contributed by atoms with Gasteiger partial charge < -0.3 is 36.2 Å². The Labute approximate surface area is 681 Å². The van der Waals surface area contributed by atoms with E-state index in [-0.39, 0.29) is 11.6 Å². The average molecular weight is 1630 g/mol. The second-order valence-electron chi connectivity index (χ2n) is 31.7. The summed E-state index contributed by atoms with van der Waals surface area (Å²) in [6.07, 6.45) is 35.8. The van der Waals surface area contributed by atoms with E-state index in [4.69, 9.17) is 47.2 Å². The second-order valence-corrected chi connectivity index (χ2v) is 33.4. The number of benzene rings is 4. The van der Waals surface area contributed by atoms with Crippen molar-refractivity contribution < 1.29 is 14.7 Å². The first-order chi connectivity index (χ1) is 55.4. The van der Waals surface area contributed by atoms with Crippen molar-refractivity contribution in [2.75, 3.05) is 67.1 Å². The highest BCUT2D eigenvalue weighted by atomic mass is 79.9. The number of hydrogen-bond acceptors (Lipinski definition) is 17. The normalized spacial score (nSPS) is 18.9. The molecule has 580 valence electrons. The molecule has 8 fully saturated rings. The van der Waals surface area contributed by atoms with Crippen LogP contribution in [0.4, 0.5) is 28.4 Å². The highest BCUT2D eigenvalue weighted by Crippen LogP contribution is 2.59. The molecule has 26 heteroatoms. The number of carboxylic acid groups (broad SMARTS) is 1. The summed E-state index contributed by atoms with van der Waals surface area (Å²) in [4.78, 5) is 79.1. The summed E-state index contributed by atoms with van der Waals surface area (Å²) < 4.78 is 4.05. The van der Waals surface area contributed by atoms with Crippen LogP contribution in [0.3, 0.4) is 0 Å². The largest absolute Gasteiger partial charge is 0.477 e. The smallest absolute Gasteiger partial charge is 0.354 e. The summed E-state index contributed by atoms with van der Waals surface area (Å²) >= 11 is 15.1. The standard InChI is InChI=1S/C27H27ClN6O.C17H16N4.C17H20N4.C13H14N2.C10H9ClN2O2.C4H3BrN2/c1-2-23-25(34-14-21(28)7-8-24(34)32-23)26(35)31-11-18-3-5-19(6-4-18)20-9-27(10-20)15-33(16-27)22-12-29-17-30-13-22;1-18-15-4-2-13(3-5-15)14-6-17(7-14)10-21(11-17)16-8-19-12-20-9-16;18-7-13-1-3-14(4-2-13)15-5-17(6-15)10-21(11-17)16-8-19-12-20-9-16;1-14-12-4-2-10(3-5-12)11-6-13(7-11)8-15-9-13;1-2-7-9(10(14)15)13-5-6(11)3-4-8(13)12-7;5-4-3-6-1-2-7-4/h3-8,12-14,17,20H,2,9-11,15-16H2,1H3,(H,31,35);2-5,8-9,12,14H,6-7,10-11H2;1-4,8-9,12,15H,5-7,10-11,18H2;2-5,11,15H,6-9H2;3-5H,2H2,1H3,(H,14,15);1-3H. The Balaban J connectivity index is 0.000000114. The fraction of sp³-hybridized carbons (Fsp3) is 0.341. The van der Waals surface area contributed by atoms with Crippen LogP contribution in [0.15, 0.2) is 213 Å². The van der Waals surface area contributed by atoms with Crippen molar-refractivity contribution in [1.82, 2.24) is 69.3 Å². The minimum Gasteiger partial charge on any atom is -0.477 e. The zero-order chi connectivity index (χ0) is 79.0. The van der Waals surface area contributed by atoms with Gasteiger partial charge in [0.1, 0.15) is 40.6 Å². The van der Waals surface area contributed by atoms with E-state index in [1.165, 1.54) is 96.7 Å². The summed E-state index contributed by atoms with van der Waals surface area (Å²) in [7, 11) is 0. The molecule has 1 amide bonds. The number of aromatic nitrogens is 12. The van der Waals surface area contributed by atoms with Crippen molar-refractivity contribution in [3.8, 4) is 0 Å². The molecular formula is C88H89BrCl2N20O3. The number of aryl methyl sites for hydroxylation is 2. The molecule has 0 atom stereocenters. The second kappa shape index (κ2) is 34.3. The first-order valence-electron chi connectivity index (χ1n) is 38.7. The molecule has 12 heterocycles. The van der Waals surface area contributed by atoms with Crippen molar-refractivity contribution in [3.05, 3.63) is 302 Å². The van der Waals surface area contributed by atoms with Gasteiger partial charge >= 0.3 is 5.97 Å². The van der Waals surface area contributed by atoms with E-state index in [0.29, 0.717) is 86.5 Å². The lowest BCUT2D eigenvalue weighted by atomic mass is 9.56. The van der Waals surface area contributed by atoms with Gasteiger partial charge in [0.15, 0.2) is 17.1 Å². The SMILES string of the molecule is Brc1cnccn1.CCc1nc2ccc(Cl)cn2c1C(=O)NCc1ccc(C2CC3(C2)CN(c2cncnc2)C3)cc1.CCc1nc2ccc(Cl)cn2c1C(=O)O.NCc1ccc(C2CC3(C2)CN(c2cncnc2)C3)cc1.[C-]#[N+]c1ccc(C2CC3(C2)CN(c2cncnc2)C3)cc1.[C-]#[N+]c1ccc(C2CC3(CNC3)C2)cc1. The van der Waals surface area contributed by atoms with E-state index in [0.717, 1.165) is 101 Å². The molecule has 8 aromatic heterocycles. The molecule has 4 saturated carbocycles. The van der Waals surface area contributed by atoms with Gasteiger partial charge in [0.25, 0.3) is 5.91 Å². The highest BCUT2D eigenvalue weighted by Gasteiger charge is 2.55. The highest BCUT2D eigenvalue weighted by molar-refractivity contribution is 9.10. The summed E-state index contributed by atoms with van der Waals surface area (Å²) in [5.74, 6) is 1.63. The monoisotopic (exact) mass is 1620 g/mol. The summed E-state index contributed by atoms with van der Waals surface area (Å²) in [5, 5.41) is 16.5. The third-order valence-electron chi connectivity index (χ3n) is 23.8. The van der Waals surface area contributed by atoms with Crippen LogP contribution in [-0.4, -0.2) is 128 Å². The molecule has 20 rings (SSSR count). The Hall–Kier alpha value is -11.1. The zero-order valence-corrected chi connectivity index (χ0v) is 66.8. The number of rotatable bonds is 14. The predicted molar refractivity (Wildman–Crippen MR) is 446 cm³/mol. The molecule has 4 aliphatic carbocycles. The number of imidazole rings is 2. The number of hydrogen-bond donors (Lipinski definition) is 4.